The van der Waals surface area contributed by atoms with Gasteiger partial charge in [-0.05, 0) is 31.5 Å². The maximum Gasteiger partial charge on any atom is 0.128 e. The number of rotatable bonds is 6. The van der Waals surface area contributed by atoms with Crippen molar-refractivity contribution in [3.8, 4) is 0 Å². The molecule has 0 spiro atoms. The highest BCUT2D eigenvalue weighted by Crippen LogP contribution is 2.22. The fourth-order valence-electron chi connectivity index (χ4n) is 1.85. The van der Waals surface area contributed by atoms with Crippen LogP contribution in [0.5, 0.6) is 0 Å². The molecular weight excluding hydrogens is 240 g/mol. The van der Waals surface area contributed by atoms with E-state index in [4.69, 9.17) is 0 Å². The van der Waals surface area contributed by atoms with Crippen LogP contribution in [0.2, 0.25) is 0 Å². The van der Waals surface area contributed by atoms with Crippen LogP contribution >= 0.6 is 0 Å². The summed E-state index contributed by atoms with van der Waals surface area (Å²) in [4.78, 5) is 0. The van der Waals surface area contributed by atoms with E-state index in [1.165, 1.54) is 0 Å². The number of hydrogen-bond donors (Lipinski definition) is 3. The van der Waals surface area contributed by atoms with E-state index in [0.717, 1.165) is 18.2 Å². The van der Waals surface area contributed by atoms with Crippen molar-refractivity contribution in [3.63, 3.8) is 0 Å². The third-order valence-corrected chi connectivity index (χ3v) is 3.23. The molecule has 3 N–H and O–H groups in total. The molecule has 0 fully saturated rings. The lowest BCUT2D eigenvalue weighted by Gasteiger charge is -2.33. The fraction of sp³-hybridized carbons (Fsp3) is 0.538. The monoisotopic (exact) mass is 259 g/mol. The third kappa shape index (κ3) is 3.25. The van der Waals surface area contributed by atoms with Crippen molar-refractivity contribution >= 4 is 0 Å². The predicted molar refractivity (Wildman–Crippen MR) is 65.1 cm³/mol. The highest BCUT2D eigenvalue weighted by atomic mass is 19.1. The van der Waals surface area contributed by atoms with E-state index in [0.29, 0.717) is 6.42 Å². The Morgan fingerprint density at radius 1 is 1.28 bits per heavy atom. The van der Waals surface area contributed by atoms with Crippen LogP contribution in [0.4, 0.5) is 8.78 Å². The van der Waals surface area contributed by atoms with E-state index in [9.17, 15) is 19.0 Å². The summed E-state index contributed by atoms with van der Waals surface area (Å²) in [6, 6.07) is 2.72. The van der Waals surface area contributed by atoms with E-state index in [2.05, 4.69) is 5.32 Å². The molecule has 0 saturated carbocycles. The van der Waals surface area contributed by atoms with Gasteiger partial charge in [0.25, 0.3) is 0 Å². The number of benzene rings is 1. The van der Waals surface area contributed by atoms with Crippen LogP contribution in [0.1, 0.15) is 31.9 Å². The topological polar surface area (TPSA) is 52.5 Å². The Morgan fingerprint density at radius 2 is 1.89 bits per heavy atom. The summed E-state index contributed by atoms with van der Waals surface area (Å²) in [6.45, 7) is 2.91. The molecule has 0 aliphatic heterocycles. The molecule has 102 valence electrons. The normalized spacial score (nSPS) is 13.7. The summed E-state index contributed by atoms with van der Waals surface area (Å²) < 4.78 is 26.7. The molecule has 0 aliphatic rings. The average Bonchev–Trinajstić information content (AvgIpc) is 2.38. The molecule has 0 aliphatic carbocycles. The minimum absolute atomic E-state index is 0.176. The Hall–Kier alpha value is -1.04. The van der Waals surface area contributed by atoms with E-state index >= 15 is 0 Å². The van der Waals surface area contributed by atoms with E-state index in [1.54, 1.807) is 13.8 Å². The smallest absolute Gasteiger partial charge is 0.128 e. The summed E-state index contributed by atoms with van der Waals surface area (Å²) in [7, 11) is 0. The SMILES string of the molecule is CCC(CO)(CO)NC(C)c1cc(F)ccc1F. The number of nitrogens with one attached hydrogen (secondary N) is 1. The molecule has 0 aromatic heterocycles. The number of hydrogen-bond acceptors (Lipinski definition) is 3. The zero-order valence-corrected chi connectivity index (χ0v) is 10.6. The molecule has 5 heteroatoms. The lowest BCUT2D eigenvalue weighted by Crippen LogP contribution is -2.52. The van der Waals surface area contributed by atoms with Crippen LogP contribution in [-0.2, 0) is 0 Å². The zero-order chi connectivity index (χ0) is 13.8. The molecule has 1 unspecified atom stereocenters. The first-order valence-corrected chi connectivity index (χ1v) is 5.92. The van der Waals surface area contributed by atoms with Crippen molar-refractivity contribution < 1.29 is 19.0 Å². The lowest BCUT2D eigenvalue weighted by molar-refractivity contribution is 0.0789. The second-order valence-corrected chi connectivity index (χ2v) is 4.48. The van der Waals surface area contributed by atoms with E-state index < -0.39 is 23.2 Å². The van der Waals surface area contributed by atoms with Crippen LogP contribution < -0.4 is 5.32 Å². The molecule has 3 nitrogen and oxygen atoms in total. The van der Waals surface area contributed by atoms with Crippen molar-refractivity contribution in [2.24, 2.45) is 0 Å². The van der Waals surface area contributed by atoms with Crippen LogP contribution in [0.15, 0.2) is 18.2 Å². The van der Waals surface area contributed by atoms with Gasteiger partial charge in [-0.15, -0.1) is 0 Å². The first-order valence-electron chi connectivity index (χ1n) is 5.92. The minimum Gasteiger partial charge on any atom is -0.394 e. The summed E-state index contributed by atoms with van der Waals surface area (Å²) in [5.41, 5.74) is -0.715. The van der Waals surface area contributed by atoms with Crippen LogP contribution in [0.3, 0.4) is 0 Å². The molecule has 0 amide bonds. The van der Waals surface area contributed by atoms with Crippen LogP contribution in [-0.4, -0.2) is 29.0 Å². The molecular formula is C13H19F2NO2. The average molecular weight is 259 g/mol. The van der Waals surface area contributed by atoms with Gasteiger partial charge in [-0.3, -0.25) is 0 Å². The van der Waals surface area contributed by atoms with E-state index in [-0.39, 0.29) is 18.8 Å². The summed E-state index contributed by atoms with van der Waals surface area (Å²) in [5.74, 6) is -1.03. The molecule has 1 aromatic rings. The number of halogens is 2. The Labute approximate surface area is 105 Å². The van der Waals surface area contributed by atoms with Gasteiger partial charge in [0, 0.05) is 11.6 Å². The van der Waals surface area contributed by atoms with Crippen LogP contribution in [0, 0.1) is 11.6 Å². The number of aliphatic hydroxyl groups is 2. The molecule has 0 heterocycles. The van der Waals surface area contributed by atoms with Gasteiger partial charge in [-0.25, -0.2) is 8.78 Å². The van der Waals surface area contributed by atoms with Crippen molar-refractivity contribution in [3.05, 3.63) is 35.4 Å². The lowest BCUT2D eigenvalue weighted by atomic mass is 9.95. The van der Waals surface area contributed by atoms with Crippen molar-refractivity contribution in [2.45, 2.75) is 31.8 Å². The summed E-state index contributed by atoms with van der Waals surface area (Å²) >= 11 is 0. The molecule has 0 radical (unpaired) electrons. The first kappa shape index (κ1) is 15.0. The molecule has 18 heavy (non-hydrogen) atoms. The molecule has 1 atom stereocenters. The second-order valence-electron chi connectivity index (χ2n) is 4.48. The van der Waals surface area contributed by atoms with Gasteiger partial charge in [0.15, 0.2) is 0 Å². The number of aliphatic hydroxyl groups excluding tert-OH is 2. The van der Waals surface area contributed by atoms with Gasteiger partial charge >= 0.3 is 0 Å². The maximum absolute atomic E-state index is 13.6. The first-order chi connectivity index (χ1) is 8.48. The highest BCUT2D eigenvalue weighted by molar-refractivity contribution is 5.22. The van der Waals surface area contributed by atoms with Gasteiger partial charge < -0.3 is 15.5 Å². The van der Waals surface area contributed by atoms with Crippen molar-refractivity contribution in [1.29, 1.82) is 0 Å². The summed E-state index contributed by atoms with van der Waals surface area (Å²) in [5, 5.41) is 21.6. The molecule has 1 aromatic carbocycles. The van der Waals surface area contributed by atoms with Gasteiger partial charge in [0.05, 0.1) is 18.8 Å². The Morgan fingerprint density at radius 3 is 2.39 bits per heavy atom. The molecule has 0 bridgehead atoms. The van der Waals surface area contributed by atoms with Crippen LogP contribution in [0.25, 0.3) is 0 Å². The minimum atomic E-state index is -0.891. The second kappa shape index (κ2) is 6.22. The van der Waals surface area contributed by atoms with Gasteiger partial charge in [0.2, 0.25) is 0 Å². The highest BCUT2D eigenvalue weighted by Gasteiger charge is 2.29. The van der Waals surface area contributed by atoms with Crippen molar-refractivity contribution in [1.82, 2.24) is 5.32 Å². The quantitative estimate of drug-likeness (QED) is 0.729. The molecule has 1 rings (SSSR count). The largest absolute Gasteiger partial charge is 0.394 e. The Bertz CT molecular complexity index is 386. The third-order valence-electron chi connectivity index (χ3n) is 3.23. The van der Waals surface area contributed by atoms with Gasteiger partial charge in [-0.2, -0.15) is 0 Å². The fourth-order valence-corrected chi connectivity index (χ4v) is 1.85. The Balaban J connectivity index is 2.93. The summed E-state index contributed by atoms with van der Waals surface area (Å²) in [6.07, 6.45) is 0.473. The maximum atomic E-state index is 13.6. The van der Waals surface area contributed by atoms with Gasteiger partial charge in [-0.1, -0.05) is 6.92 Å². The van der Waals surface area contributed by atoms with E-state index in [1.807, 2.05) is 0 Å². The zero-order valence-electron chi connectivity index (χ0n) is 10.6. The van der Waals surface area contributed by atoms with Crippen molar-refractivity contribution in [2.75, 3.05) is 13.2 Å². The molecule has 0 saturated heterocycles. The predicted octanol–water partition coefficient (Wildman–Crippen LogP) is 1.75. The van der Waals surface area contributed by atoms with Gasteiger partial charge in [0.1, 0.15) is 11.6 Å². The standard InChI is InChI=1S/C13H19F2NO2/c1-3-13(7-17,8-18)16-9(2)11-6-10(14)4-5-12(11)15/h4-6,9,16-18H,3,7-8H2,1-2H3. The Kier molecular flexibility index (Phi) is 5.19.